The summed E-state index contributed by atoms with van der Waals surface area (Å²) in [7, 11) is 0. The second-order valence-electron chi connectivity index (χ2n) is 7.31. The molecule has 0 aliphatic rings. The SMILES string of the molecule is O=c1ccc2ccc(OCc3cn(-c4ccc(OCc5ccc(Cl)cc5)cc4)nn3)cc2o1. The van der Waals surface area contributed by atoms with E-state index in [2.05, 4.69) is 10.3 Å². The maximum atomic E-state index is 11.4. The van der Waals surface area contributed by atoms with Gasteiger partial charge in [0.15, 0.2) is 0 Å². The monoisotopic (exact) mass is 459 g/mol. The Morgan fingerprint density at radius 3 is 2.39 bits per heavy atom. The summed E-state index contributed by atoms with van der Waals surface area (Å²) in [6, 6.07) is 23.6. The number of ether oxygens (including phenoxy) is 2. The summed E-state index contributed by atoms with van der Waals surface area (Å²) < 4.78 is 18.5. The number of fused-ring (bicyclic) bond motifs is 1. The second kappa shape index (κ2) is 9.18. The molecule has 0 aliphatic heterocycles. The molecule has 0 radical (unpaired) electrons. The maximum absolute atomic E-state index is 11.4. The van der Waals surface area contributed by atoms with Crippen molar-refractivity contribution >= 4 is 22.6 Å². The van der Waals surface area contributed by atoms with Gasteiger partial charge in [-0.2, -0.15) is 0 Å². The van der Waals surface area contributed by atoms with Gasteiger partial charge in [0.05, 0.1) is 11.9 Å². The molecule has 2 heterocycles. The molecule has 0 spiro atoms. The van der Waals surface area contributed by atoms with Crippen LogP contribution >= 0.6 is 11.6 Å². The predicted molar refractivity (Wildman–Crippen MR) is 124 cm³/mol. The van der Waals surface area contributed by atoms with Gasteiger partial charge in [-0.1, -0.05) is 28.9 Å². The van der Waals surface area contributed by atoms with E-state index < -0.39 is 5.63 Å². The summed E-state index contributed by atoms with van der Waals surface area (Å²) in [5.74, 6) is 1.33. The minimum atomic E-state index is -0.399. The molecule has 33 heavy (non-hydrogen) atoms. The number of nitrogens with zero attached hydrogens (tertiary/aromatic N) is 3. The van der Waals surface area contributed by atoms with Gasteiger partial charge >= 0.3 is 5.63 Å². The standard InChI is InChI=1S/C25H18ClN3O4/c26-19-5-1-17(2-6-19)15-31-22-10-7-21(8-11-22)29-14-20(27-28-29)16-32-23-9-3-18-4-12-25(30)33-24(18)13-23/h1-14H,15-16H2. The number of hydrogen-bond donors (Lipinski definition) is 0. The molecule has 0 amide bonds. The molecule has 164 valence electrons. The molecule has 5 rings (SSSR count). The van der Waals surface area contributed by atoms with Gasteiger partial charge in [-0.05, 0) is 60.2 Å². The fraction of sp³-hybridized carbons (Fsp3) is 0.0800. The minimum Gasteiger partial charge on any atom is -0.489 e. The quantitative estimate of drug-likeness (QED) is 0.312. The molecule has 2 aromatic heterocycles. The highest BCUT2D eigenvalue weighted by molar-refractivity contribution is 6.30. The molecule has 0 atom stereocenters. The topological polar surface area (TPSA) is 79.4 Å². The van der Waals surface area contributed by atoms with E-state index in [1.165, 1.54) is 6.07 Å². The summed E-state index contributed by atoms with van der Waals surface area (Å²) in [6.07, 6.45) is 1.80. The summed E-state index contributed by atoms with van der Waals surface area (Å²) in [5, 5.41) is 9.85. The maximum Gasteiger partial charge on any atom is 0.336 e. The molecule has 8 heteroatoms. The Hall–Kier alpha value is -4.10. The van der Waals surface area contributed by atoms with Crippen LogP contribution in [0.3, 0.4) is 0 Å². The Morgan fingerprint density at radius 2 is 1.58 bits per heavy atom. The molecule has 5 aromatic rings. The molecule has 0 unspecified atom stereocenters. The first-order chi connectivity index (χ1) is 16.1. The molecular formula is C25H18ClN3O4. The van der Waals surface area contributed by atoms with Crippen LogP contribution in [0.15, 0.2) is 94.3 Å². The van der Waals surface area contributed by atoms with Crippen LogP contribution in [-0.4, -0.2) is 15.0 Å². The summed E-state index contributed by atoms with van der Waals surface area (Å²) >= 11 is 5.91. The average molecular weight is 460 g/mol. The molecule has 0 aliphatic carbocycles. The summed E-state index contributed by atoms with van der Waals surface area (Å²) in [5.41, 5.74) is 2.62. The van der Waals surface area contributed by atoms with Crippen molar-refractivity contribution in [3.8, 4) is 17.2 Å². The zero-order chi connectivity index (χ0) is 22.6. The Kier molecular flexibility index (Phi) is 5.78. The first kappa shape index (κ1) is 20.8. The Morgan fingerprint density at radius 1 is 0.848 bits per heavy atom. The molecule has 0 N–H and O–H groups in total. The molecule has 0 bridgehead atoms. The van der Waals surface area contributed by atoms with Crippen molar-refractivity contribution in [1.29, 1.82) is 0 Å². The molecule has 0 saturated heterocycles. The minimum absolute atomic E-state index is 0.227. The molecule has 3 aromatic carbocycles. The lowest BCUT2D eigenvalue weighted by molar-refractivity contribution is 0.301. The van der Waals surface area contributed by atoms with E-state index in [1.807, 2.05) is 60.7 Å². The number of hydrogen-bond acceptors (Lipinski definition) is 6. The van der Waals surface area contributed by atoms with Gasteiger partial charge in [-0.15, -0.1) is 5.10 Å². The first-order valence-corrected chi connectivity index (χ1v) is 10.6. The zero-order valence-corrected chi connectivity index (χ0v) is 18.1. The molecular weight excluding hydrogens is 442 g/mol. The lowest BCUT2D eigenvalue weighted by Gasteiger charge is -2.07. The number of rotatable bonds is 7. The highest BCUT2D eigenvalue weighted by Crippen LogP contribution is 2.21. The van der Waals surface area contributed by atoms with E-state index in [4.69, 9.17) is 25.5 Å². The fourth-order valence-electron chi connectivity index (χ4n) is 3.22. The van der Waals surface area contributed by atoms with E-state index in [1.54, 1.807) is 23.0 Å². The first-order valence-electron chi connectivity index (χ1n) is 10.2. The van der Waals surface area contributed by atoms with Crippen LogP contribution < -0.4 is 15.1 Å². The smallest absolute Gasteiger partial charge is 0.336 e. The van der Waals surface area contributed by atoms with Gasteiger partial charge in [0, 0.05) is 22.5 Å². The van der Waals surface area contributed by atoms with E-state index in [0.717, 1.165) is 22.4 Å². The van der Waals surface area contributed by atoms with Crippen molar-refractivity contribution in [2.24, 2.45) is 0 Å². The van der Waals surface area contributed by atoms with Crippen LogP contribution in [0.5, 0.6) is 11.5 Å². The molecule has 0 saturated carbocycles. The lowest BCUT2D eigenvalue weighted by Crippen LogP contribution is -1.98. The molecule has 7 nitrogen and oxygen atoms in total. The van der Waals surface area contributed by atoms with E-state index >= 15 is 0 Å². The number of aromatic nitrogens is 3. The van der Waals surface area contributed by atoms with Crippen molar-refractivity contribution in [2.75, 3.05) is 0 Å². The van der Waals surface area contributed by atoms with Crippen LogP contribution in [0, 0.1) is 0 Å². The van der Waals surface area contributed by atoms with Gasteiger partial charge in [0.1, 0.15) is 36.0 Å². The lowest BCUT2D eigenvalue weighted by atomic mass is 10.2. The Balaban J connectivity index is 1.20. The van der Waals surface area contributed by atoms with Crippen molar-refractivity contribution in [3.63, 3.8) is 0 Å². The summed E-state index contributed by atoms with van der Waals surface area (Å²) in [6.45, 7) is 0.685. The highest BCUT2D eigenvalue weighted by Gasteiger charge is 2.06. The normalized spacial score (nSPS) is 10.9. The van der Waals surface area contributed by atoms with Crippen LogP contribution in [0.1, 0.15) is 11.3 Å². The fourth-order valence-corrected chi connectivity index (χ4v) is 3.35. The predicted octanol–water partition coefficient (Wildman–Crippen LogP) is 5.19. The third-order valence-electron chi connectivity index (χ3n) is 4.94. The van der Waals surface area contributed by atoms with Crippen LogP contribution in [-0.2, 0) is 13.2 Å². The van der Waals surface area contributed by atoms with Gasteiger partial charge in [0.25, 0.3) is 0 Å². The van der Waals surface area contributed by atoms with E-state index in [-0.39, 0.29) is 6.61 Å². The summed E-state index contributed by atoms with van der Waals surface area (Å²) in [4.78, 5) is 11.4. The van der Waals surface area contributed by atoms with Crippen molar-refractivity contribution in [2.45, 2.75) is 13.2 Å². The highest BCUT2D eigenvalue weighted by atomic mass is 35.5. The molecule has 0 fully saturated rings. The third-order valence-corrected chi connectivity index (χ3v) is 5.19. The van der Waals surface area contributed by atoms with Crippen LogP contribution in [0.2, 0.25) is 5.02 Å². The largest absolute Gasteiger partial charge is 0.489 e. The van der Waals surface area contributed by atoms with Crippen molar-refractivity contribution in [1.82, 2.24) is 15.0 Å². The van der Waals surface area contributed by atoms with Crippen molar-refractivity contribution < 1.29 is 13.9 Å². The van der Waals surface area contributed by atoms with Gasteiger partial charge in [-0.3, -0.25) is 0 Å². The van der Waals surface area contributed by atoms with Gasteiger partial charge in [0.2, 0.25) is 0 Å². The van der Waals surface area contributed by atoms with E-state index in [9.17, 15) is 4.79 Å². The average Bonchev–Trinajstić information content (AvgIpc) is 3.31. The Labute approximate surface area is 193 Å². The van der Waals surface area contributed by atoms with Gasteiger partial charge in [-0.25, -0.2) is 9.48 Å². The third kappa shape index (κ3) is 5.05. The number of halogens is 1. The van der Waals surface area contributed by atoms with E-state index in [0.29, 0.717) is 28.7 Å². The van der Waals surface area contributed by atoms with Gasteiger partial charge < -0.3 is 13.9 Å². The van der Waals surface area contributed by atoms with Crippen LogP contribution in [0.25, 0.3) is 16.7 Å². The number of benzene rings is 3. The second-order valence-corrected chi connectivity index (χ2v) is 7.74. The Bertz CT molecular complexity index is 1440. The zero-order valence-electron chi connectivity index (χ0n) is 17.3. The van der Waals surface area contributed by atoms with Crippen LogP contribution in [0.4, 0.5) is 0 Å². The van der Waals surface area contributed by atoms with Crippen molar-refractivity contribution in [3.05, 3.63) is 112 Å².